The van der Waals surface area contributed by atoms with Gasteiger partial charge in [-0.3, -0.25) is 0 Å². The monoisotopic (exact) mass is 698 g/mol. The molecule has 2 aromatic carbocycles. The van der Waals surface area contributed by atoms with Crippen molar-refractivity contribution in [1.82, 2.24) is 20.8 Å². The fourth-order valence-corrected chi connectivity index (χ4v) is 6.00. The predicted octanol–water partition coefficient (Wildman–Crippen LogP) is -4.55. The smallest absolute Gasteiger partial charge is 0.343 e. The first-order valence-electron chi connectivity index (χ1n) is 13.3. The van der Waals surface area contributed by atoms with E-state index in [4.69, 9.17) is 20.0 Å². The van der Waals surface area contributed by atoms with Crippen LogP contribution in [0.2, 0.25) is 0 Å². The number of nitrogens with two attached hydrogens (primary N) is 2. The summed E-state index contributed by atoms with van der Waals surface area (Å²) in [5, 5.41) is 61.2. The van der Waals surface area contributed by atoms with E-state index in [9.17, 15) is 57.1 Å². The van der Waals surface area contributed by atoms with Gasteiger partial charge in [0.15, 0.2) is 0 Å². The van der Waals surface area contributed by atoms with Crippen LogP contribution in [0.3, 0.4) is 0 Å². The molecular weight excluding hydrogens is 660 g/mol. The summed E-state index contributed by atoms with van der Waals surface area (Å²) >= 11 is 0. The van der Waals surface area contributed by atoms with Crippen molar-refractivity contribution >= 4 is 43.1 Å². The van der Waals surface area contributed by atoms with Crippen LogP contribution < -0.4 is 22.1 Å². The van der Waals surface area contributed by atoms with Crippen LogP contribution in [-0.4, -0.2) is 147 Å². The highest BCUT2D eigenvalue weighted by atomic mass is 32.2. The molecule has 0 aliphatic heterocycles. The fourth-order valence-electron chi connectivity index (χ4n) is 3.70. The summed E-state index contributed by atoms with van der Waals surface area (Å²) in [7, 11) is -9.88. The summed E-state index contributed by atoms with van der Waals surface area (Å²) in [6.45, 7) is -7.21. The lowest BCUT2D eigenvalue weighted by molar-refractivity contribution is -0.0182. The molecule has 0 aliphatic carbocycles. The number of rotatable bonds is 18. The maximum absolute atomic E-state index is 13.4. The Kier molecular flexibility index (Phi) is 14.0. The van der Waals surface area contributed by atoms with Gasteiger partial charge in [-0.15, -0.1) is 8.57 Å². The molecule has 260 valence electrons. The zero-order chi connectivity index (χ0) is 34.8. The maximum atomic E-state index is 13.4. The van der Waals surface area contributed by atoms with E-state index in [0.29, 0.717) is 0 Å². The second kappa shape index (κ2) is 16.5. The minimum absolute atomic E-state index is 0.231. The third-order valence-corrected chi connectivity index (χ3v) is 8.98. The van der Waals surface area contributed by atoms with Crippen LogP contribution in [0, 0.1) is 0 Å². The first-order valence-corrected chi connectivity index (χ1v) is 16.2. The second-order valence-corrected chi connectivity index (χ2v) is 12.8. The first-order chi connectivity index (χ1) is 21.7. The van der Waals surface area contributed by atoms with Gasteiger partial charge in [-0.05, 0) is 12.1 Å². The van der Waals surface area contributed by atoms with Crippen molar-refractivity contribution in [2.45, 2.75) is 20.9 Å². The Morgan fingerprint density at radius 2 is 0.935 bits per heavy atom. The Balaban J connectivity index is 2.52. The standard InChI is InChI=1S/C24H38N6O14S2/c25-7-9-29(21(37)27-23(11-31,12-32)13-33)43-45(39,40)19-5-1-3-17-18(19)4-2-6-20(17)46(41,42)44-30(10-8-26)22(38)28-24(14-34,15-35)16-36/h1-6,31-36H,7-16,25-26H2,(H,27,37)(H,28,38). The lowest BCUT2D eigenvalue weighted by Crippen LogP contribution is -2.60. The number of amides is 4. The molecule has 20 nitrogen and oxygen atoms in total. The van der Waals surface area contributed by atoms with Crippen molar-refractivity contribution in [2.75, 3.05) is 65.8 Å². The molecule has 0 radical (unpaired) electrons. The van der Waals surface area contributed by atoms with Crippen LogP contribution >= 0.6 is 0 Å². The number of hydrogen-bond acceptors (Lipinski definition) is 16. The lowest BCUT2D eigenvalue weighted by Gasteiger charge is -2.31. The number of carbonyl (C=O) groups excluding carboxylic acids is 2. The van der Waals surface area contributed by atoms with E-state index in [1.165, 1.54) is 12.1 Å². The SMILES string of the molecule is NCCN(OS(=O)(=O)c1cccc2c(S(=O)(=O)ON(CCN)C(=O)NC(CO)(CO)CO)cccc12)C(=O)NC(CO)(CO)CO. The van der Waals surface area contributed by atoms with Crippen molar-refractivity contribution in [3.63, 3.8) is 0 Å². The fraction of sp³-hybridized carbons (Fsp3) is 0.500. The van der Waals surface area contributed by atoms with Crippen molar-refractivity contribution < 1.29 is 65.6 Å². The first kappa shape index (κ1) is 38.9. The molecule has 0 spiro atoms. The molecule has 2 rings (SSSR count). The van der Waals surface area contributed by atoms with Crippen molar-refractivity contribution in [2.24, 2.45) is 11.5 Å². The van der Waals surface area contributed by atoms with Gasteiger partial charge in [0.1, 0.15) is 20.9 Å². The van der Waals surface area contributed by atoms with Crippen molar-refractivity contribution in [3.8, 4) is 0 Å². The van der Waals surface area contributed by atoms with Gasteiger partial charge < -0.3 is 52.7 Å². The van der Waals surface area contributed by atoms with Gasteiger partial charge >= 0.3 is 32.3 Å². The number of nitrogens with zero attached hydrogens (tertiary/aromatic N) is 2. The quantitative estimate of drug-likeness (QED) is 0.0655. The van der Waals surface area contributed by atoms with E-state index in [1.807, 2.05) is 0 Å². The predicted molar refractivity (Wildman–Crippen MR) is 157 cm³/mol. The highest BCUT2D eigenvalue weighted by molar-refractivity contribution is 7.87. The molecule has 0 fully saturated rings. The number of benzene rings is 2. The highest BCUT2D eigenvalue weighted by Gasteiger charge is 2.36. The van der Waals surface area contributed by atoms with Crippen LogP contribution in [0.1, 0.15) is 0 Å². The number of fused-ring (bicyclic) bond motifs is 1. The molecule has 12 N–H and O–H groups in total. The van der Waals surface area contributed by atoms with Crippen LogP contribution in [-0.2, 0) is 28.8 Å². The highest BCUT2D eigenvalue weighted by Crippen LogP contribution is 2.31. The summed E-state index contributed by atoms with van der Waals surface area (Å²) in [5.41, 5.74) is 7.08. The Labute approximate surface area is 263 Å². The molecule has 0 heterocycles. The van der Waals surface area contributed by atoms with Crippen LogP contribution in [0.4, 0.5) is 9.59 Å². The zero-order valence-electron chi connectivity index (χ0n) is 24.4. The molecule has 2 aromatic rings. The van der Waals surface area contributed by atoms with Gasteiger partial charge in [-0.1, -0.05) is 24.3 Å². The average Bonchev–Trinajstić information content (AvgIpc) is 3.04. The number of carbonyl (C=O) groups is 2. The Bertz CT molecular complexity index is 1420. The van der Waals surface area contributed by atoms with Crippen molar-refractivity contribution in [1.29, 1.82) is 0 Å². The van der Waals surface area contributed by atoms with Gasteiger partial charge in [0, 0.05) is 23.9 Å². The second-order valence-electron chi connectivity index (χ2n) is 9.82. The minimum atomic E-state index is -4.94. The number of hydroxylamine groups is 4. The largest absolute Gasteiger partial charge is 0.394 e. The number of nitrogens with one attached hydrogen (secondary N) is 2. The Morgan fingerprint density at radius 1 is 0.630 bits per heavy atom. The number of urea groups is 2. The summed E-state index contributed by atoms with van der Waals surface area (Å²) in [5.74, 6) is 0. The van der Waals surface area contributed by atoms with Gasteiger partial charge in [-0.25, -0.2) is 9.59 Å². The molecular formula is C24H38N6O14S2. The van der Waals surface area contributed by atoms with E-state index in [-0.39, 0.29) is 34.0 Å². The molecule has 0 saturated carbocycles. The Hall–Kier alpha value is -3.26. The summed E-state index contributed by atoms with van der Waals surface area (Å²) < 4.78 is 63.6. The third kappa shape index (κ3) is 8.96. The number of aliphatic hydroxyl groups excluding tert-OH is 6. The minimum Gasteiger partial charge on any atom is -0.394 e. The van der Waals surface area contributed by atoms with Gasteiger partial charge in [0.05, 0.1) is 52.7 Å². The third-order valence-electron chi connectivity index (χ3n) is 6.43. The molecule has 0 saturated heterocycles. The molecule has 46 heavy (non-hydrogen) atoms. The van der Waals surface area contributed by atoms with Crippen LogP contribution in [0.5, 0.6) is 0 Å². The van der Waals surface area contributed by atoms with E-state index in [1.54, 1.807) is 0 Å². The number of aliphatic hydroxyl groups is 6. The molecule has 22 heteroatoms. The molecule has 0 atom stereocenters. The van der Waals surface area contributed by atoms with Gasteiger partial charge in [0.25, 0.3) is 0 Å². The van der Waals surface area contributed by atoms with Gasteiger partial charge in [0.2, 0.25) is 0 Å². The average molecular weight is 699 g/mol. The maximum Gasteiger partial charge on any atom is 0.343 e. The van der Waals surface area contributed by atoms with E-state index in [0.717, 1.165) is 24.3 Å². The van der Waals surface area contributed by atoms with E-state index in [2.05, 4.69) is 10.6 Å². The van der Waals surface area contributed by atoms with Crippen LogP contribution in [0.25, 0.3) is 10.8 Å². The van der Waals surface area contributed by atoms with Gasteiger partial charge in [-0.2, -0.15) is 27.0 Å². The molecule has 0 unspecified atom stereocenters. The molecule has 0 aromatic heterocycles. The van der Waals surface area contributed by atoms with E-state index >= 15 is 0 Å². The van der Waals surface area contributed by atoms with Crippen LogP contribution in [0.15, 0.2) is 46.2 Å². The molecule has 0 aliphatic rings. The summed E-state index contributed by atoms with van der Waals surface area (Å²) in [4.78, 5) is 24.3. The summed E-state index contributed by atoms with van der Waals surface area (Å²) in [6.07, 6.45) is 0. The summed E-state index contributed by atoms with van der Waals surface area (Å²) in [6, 6.07) is 4.23. The molecule has 0 bridgehead atoms. The topological polar surface area (TPSA) is 325 Å². The van der Waals surface area contributed by atoms with Crippen molar-refractivity contribution in [3.05, 3.63) is 36.4 Å². The zero-order valence-corrected chi connectivity index (χ0v) is 26.0. The lowest BCUT2D eigenvalue weighted by atomic mass is 10.0. The number of hydrogen-bond donors (Lipinski definition) is 10. The normalized spacial score (nSPS) is 12.6. The Morgan fingerprint density at radius 3 is 1.20 bits per heavy atom. The molecule has 4 amide bonds. The van der Waals surface area contributed by atoms with E-state index < -0.39 is 106 Å².